The van der Waals surface area contributed by atoms with Crippen LogP contribution in [0.1, 0.15) is 30.4 Å². The van der Waals surface area contributed by atoms with Gasteiger partial charge in [-0.15, -0.1) is 0 Å². The second-order valence-corrected chi connectivity index (χ2v) is 4.12. The van der Waals surface area contributed by atoms with Crippen LogP contribution in [0.25, 0.3) is 0 Å². The highest BCUT2D eigenvalue weighted by molar-refractivity contribution is 5.32. The smallest absolute Gasteiger partial charge is 0.00582 e. The first-order chi connectivity index (χ1) is 6.75. The fraction of sp³-hybridized carbons (Fsp3) is 0.286. The number of aryl methyl sites for hydroxylation is 1. The van der Waals surface area contributed by atoms with Crippen LogP contribution in [0.3, 0.4) is 0 Å². The molecule has 1 atom stereocenters. The molecule has 0 saturated carbocycles. The monoisotopic (exact) mass is 184 g/mol. The quantitative estimate of drug-likeness (QED) is 0.619. The average Bonchev–Trinajstić information content (AvgIpc) is 2.19. The summed E-state index contributed by atoms with van der Waals surface area (Å²) >= 11 is 0. The van der Waals surface area contributed by atoms with Crippen molar-refractivity contribution in [2.75, 3.05) is 0 Å². The maximum atomic E-state index is 2.29. The van der Waals surface area contributed by atoms with Crippen molar-refractivity contribution >= 4 is 0 Å². The molecule has 1 aromatic rings. The summed E-state index contributed by atoms with van der Waals surface area (Å²) in [5.74, 6) is 0.584. The van der Waals surface area contributed by atoms with Gasteiger partial charge in [0.05, 0.1) is 0 Å². The Hall–Kier alpha value is -1.30. The van der Waals surface area contributed by atoms with E-state index in [1.54, 1.807) is 0 Å². The Labute approximate surface area is 86.0 Å². The zero-order chi connectivity index (χ0) is 9.97. The minimum Gasteiger partial charge on any atom is -0.0767 e. The average molecular weight is 184 g/mol. The number of benzene rings is 1. The van der Waals surface area contributed by atoms with E-state index in [0.29, 0.717) is 5.92 Å². The zero-order valence-electron chi connectivity index (χ0n) is 8.83. The molecule has 0 spiro atoms. The van der Waals surface area contributed by atoms with Crippen LogP contribution >= 0.6 is 0 Å². The largest absolute Gasteiger partial charge is 0.0767 e. The van der Waals surface area contributed by atoms with Crippen molar-refractivity contribution in [1.82, 2.24) is 0 Å². The molecule has 1 aliphatic carbocycles. The van der Waals surface area contributed by atoms with Crippen LogP contribution in [0.15, 0.2) is 48.1 Å². The van der Waals surface area contributed by atoms with Gasteiger partial charge in [-0.2, -0.15) is 0 Å². The second-order valence-electron chi connectivity index (χ2n) is 4.12. The SMILES string of the molecule is CC1=CC=CC(c2ccc(C)cc2)C1. The van der Waals surface area contributed by atoms with Crippen LogP contribution in [-0.2, 0) is 0 Å². The molecule has 0 fully saturated rings. The maximum Gasteiger partial charge on any atom is 0.00582 e. The van der Waals surface area contributed by atoms with E-state index < -0.39 is 0 Å². The molecular formula is C14H16. The summed E-state index contributed by atoms with van der Waals surface area (Å²) in [5, 5.41) is 0. The van der Waals surface area contributed by atoms with Crippen LogP contribution in [-0.4, -0.2) is 0 Å². The van der Waals surface area contributed by atoms with Crippen LogP contribution < -0.4 is 0 Å². The number of hydrogen-bond acceptors (Lipinski definition) is 0. The maximum absolute atomic E-state index is 2.29. The lowest BCUT2D eigenvalue weighted by atomic mass is 9.89. The van der Waals surface area contributed by atoms with E-state index in [0.717, 1.165) is 0 Å². The molecule has 2 rings (SSSR count). The van der Waals surface area contributed by atoms with E-state index in [-0.39, 0.29) is 0 Å². The highest BCUT2D eigenvalue weighted by Gasteiger charge is 2.10. The summed E-state index contributed by atoms with van der Waals surface area (Å²) in [6, 6.07) is 8.86. The molecule has 0 radical (unpaired) electrons. The van der Waals surface area contributed by atoms with Crippen molar-refractivity contribution in [3.05, 3.63) is 59.2 Å². The third-order valence-electron chi connectivity index (χ3n) is 2.77. The van der Waals surface area contributed by atoms with Crippen molar-refractivity contribution in [2.24, 2.45) is 0 Å². The van der Waals surface area contributed by atoms with Gasteiger partial charge >= 0.3 is 0 Å². The summed E-state index contributed by atoms with van der Waals surface area (Å²) in [6.45, 7) is 4.33. The minimum atomic E-state index is 0.584. The van der Waals surface area contributed by atoms with Crippen LogP contribution in [0.4, 0.5) is 0 Å². The standard InChI is InChI=1S/C14H16/c1-11-6-8-13(9-7-11)14-5-3-4-12(2)10-14/h3-9,14H,10H2,1-2H3. The molecule has 0 aromatic heterocycles. The van der Waals surface area contributed by atoms with Crippen molar-refractivity contribution in [2.45, 2.75) is 26.2 Å². The second kappa shape index (κ2) is 3.83. The first-order valence-electron chi connectivity index (χ1n) is 5.16. The van der Waals surface area contributed by atoms with Gasteiger partial charge < -0.3 is 0 Å². The molecule has 1 aliphatic rings. The summed E-state index contributed by atoms with van der Waals surface area (Å²) in [5.41, 5.74) is 4.23. The minimum absolute atomic E-state index is 0.584. The lowest BCUT2D eigenvalue weighted by Gasteiger charge is -2.16. The van der Waals surface area contributed by atoms with Gasteiger partial charge in [0.2, 0.25) is 0 Å². The van der Waals surface area contributed by atoms with Gasteiger partial charge in [0.25, 0.3) is 0 Å². The Kier molecular flexibility index (Phi) is 2.53. The Morgan fingerprint density at radius 1 is 1.07 bits per heavy atom. The Morgan fingerprint density at radius 3 is 2.43 bits per heavy atom. The number of allylic oxidation sites excluding steroid dienone is 4. The molecule has 1 unspecified atom stereocenters. The molecule has 0 heteroatoms. The van der Waals surface area contributed by atoms with Gasteiger partial charge in [-0.25, -0.2) is 0 Å². The molecule has 0 nitrogen and oxygen atoms in total. The van der Waals surface area contributed by atoms with E-state index >= 15 is 0 Å². The van der Waals surface area contributed by atoms with Gasteiger partial charge in [0.15, 0.2) is 0 Å². The lowest BCUT2D eigenvalue weighted by molar-refractivity contribution is 0.813. The fourth-order valence-corrected chi connectivity index (χ4v) is 1.88. The normalized spacial score (nSPS) is 20.7. The van der Waals surface area contributed by atoms with E-state index in [2.05, 4.69) is 56.3 Å². The summed E-state index contributed by atoms with van der Waals surface area (Å²) in [6.07, 6.45) is 7.82. The van der Waals surface area contributed by atoms with E-state index in [1.807, 2.05) is 0 Å². The zero-order valence-corrected chi connectivity index (χ0v) is 8.83. The highest BCUT2D eigenvalue weighted by Crippen LogP contribution is 2.28. The molecule has 0 aliphatic heterocycles. The predicted molar refractivity (Wildman–Crippen MR) is 61.4 cm³/mol. The summed E-state index contributed by atoms with van der Waals surface area (Å²) < 4.78 is 0. The van der Waals surface area contributed by atoms with Gasteiger partial charge in [0.1, 0.15) is 0 Å². The van der Waals surface area contributed by atoms with Crippen molar-refractivity contribution < 1.29 is 0 Å². The first-order valence-corrected chi connectivity index (χ1v) is 5.16. The summed E-state index contributed by atoms with van der Waals surface area (Å²) in [7, 11) is 0. The summed E-state index contributed by atoms with van der Waals surface area (Å²) in [4.78, 5) is 0. The van der Waals surface area contributed by atoms with Crippen LogP contribution in [0, 0.1) is 6.92 Å². The Bertz CT molecular complexity index is 366. The Morgan fingerprint density at radius 2 is 1.79 bits per heavy atom. The van der Waals surface area contributed by atoms with Gasteiger partial charge in [-0.3, -0.25) is 0 Å². The Balaban J connectivity index is 2.21. The van der Waals surface area contributed by atoms with E-state index in [4.69, 9.17) is 0 Å². The predicted octanol–water partition coefficient (Wildman–Crippen LogP) is 3.98. The van der Waals surface area contributed by atoms with Crippen molar-refractivity contribution in [3.63, 3.8) is 0 Å². The topological polar surface area (TPSA) is 0 Å². The molecule has 72 valence electrons. The highest BCUT2D eigenvalue weighted by atomic mass is 14.1. The van der Waals surface area contributed by atoms with Crippen molar-refractivity contribution in [3.8, 4) is 0 Å². The fourth-order valence-electron chi connectivity index (χ4n) is 1.88. The molecule has 0 bridgehead atoms. The molecule has 0 saturated heterocycles. The molecule has 0 heterocycles. The van der Waals surface area contributed by atoms with E-state index in [1.165, 1.54) is 23.1 Å². The van der Waals surface area contributed by atoms with Gasteiger partial charge in [0, 0.05) is 5.92 Å². The molecule has 14 heavy (non-hydrogen) atoms. The number of rotatable bonds is 1. The van der Waals surface area contributed by atoms with Gasteiger partial charge in [-0.05, 0) is 25.8 Å². The number of hydrogen-bond donors (Lipinski definition) is 0. The molecule has 0 amide bonds. The van der Waals surface area contributed by atoms with Gasteiger partial charge in [-0.1, -0.05) is 53.6 Å². The molecule has 0 N–H and O–H groups in total. The van der Waals surface area contributed by atoms with E-state index in [9.17, 15) is 0 Å². The lowest BCUT2D eigenvalue weighted by Crippen LogP contribution is -1.99. The van der Waals surface area contributed by atoms with Crippen molar-refractivity contribution in [1.29, 1.82) is 0 Å². The van der Waals surface area contributed by atoms with Crippen LogP contribution in [0.5, 0.6) is 0 Å². The third kappa shape index (κ3) is 1.95. The van der Waals surface area contributed by atoms with Crippen LogP contribution in [0.2, 0.25) is 0 Å². The third-order valence-corrected chi connectivity index (χ3v) is 2.77. The molecule has 1 aromatic carbocycles. The molecular weight excluding hydrogens is 168 g/mol. The first kappa shape index (κ1) is 9.26.